The molecule has 0 bridgehead atoms. The van der Waals surface area contributed by atoms with E-state index in [2.05, 4.69) is 15.0 Å². The topological polar surface area (TPSA) is 189 Å². The number of fused-ring (bicyclic) bond motifs is 1. The van der Waals surface area contributed by atoms with E-state index in [4.69, 9.17) is 10.2 Å². The van der Waals surface area contributed by atoms with Crippen molar-refractivity contribution in [1.82, 2.24) is 19.9 Å². The molecule has 0 fully saturated rings. The van der Waals surface area contributed by atoms with Gasteiger partial charge in [-0.1, -0.05) is 6.92 Å². The van der Waals surface area contributed by atoms with E-state index in [0.29, 0.717) is 0 Å². The van der Waals surface area contributed by atoms with Crippen LogP contribution >= 0.6 is 0 Å². The highest BCUT2D eigenvalue weighted by molar-refractivity contribution is 5.70. The number of aliphatic carboxylic acids is 2. The molecule has 2 aromatic heterocycles. The average Bonchev–Trinajstić information content (AvgIpc) is 2.68. The number of aromatic nitrogens is 4. The zero-order valence-electron chi connectivity index (χ0n) is 11.4. The monoisotopic (exact) mass is 314 g/mol. The number of H-pyrrole nitrogens is 4. The van der Waals surface area contributed by atoms with Gasteiger partial charge in [0.1, 0.15) is 11.2 Å². The van der Waals surface area contributed by atoms with E-state index in [9.17, 15) is 24.0 Å². The first-order valence-corrected chi connectivity index (χ1v) is 6.07. The molecule has 22 heavy (non-hydrogen) atoms. The van der Waals surface area contributed by atoms with Crippen molar-refractivity contribution in [2.75, 3.05) is 0 Å². The Bertz CT molecular complexity index is 824. The highest BCUT2D eigenvalue weighted by Crippen LogP contribution is 2.06. The molecule has 0 spiro atoms. The summed E-state index contributed by atoms with van der Waals surface area (Å²) in [5.41, 5.74) is -1.65. The molecule has 0 aliphatic carbocycles. The van der Waals surface area contributed by atoms with Crippen LogP contribution in [0.5, 0.6) is 0 Å². The molecule has 0 aliphatic heterocycles. The second-order valence-electron chi connectivity index (χ2n) is 4.54. The third-order valence-electron chi connectivity index (χ3n) is 2.47. The van der Waals surface area contributed by atoms with Gasteiger partial charge in [0.05, 0.1) is 0 Å². The number of carbonyl (C=O) groups is 2. The largest absolute Gasteiger partial charge is 0.481 e. The maximum absolute atomic E-state index is 10.9. The van der Waals surface area contributed by atoms with Crippen molar-refractivity contribution in [3.05, 3.63) is 31.3 Å². The molecular weight excluding hydrogens is 300 g/mol. The summed E-state index contributed by atoms with van der Waals surface area (Å²) in [6, 6.07) is 0. The lowest BCUT2D eigenvalue weighted by Crippen LogP contribution is -2.21. The molecule has 11 heteroatoms. The van der Waals surface area contributed by atoms with E-state index >= 15 is 0 Å². The van der Waals surface area contributed by atoms with E-state index < -0.39 is 28.9 Å². The fourth-order valence-corrected chi connectivity index (χ4v) is 1.63. The van der Waals surface area contributed by atoms with Crippen LogP contribution in [-0.4, -0.2) is 42.1 Å². The minimum absolute atomic E-state index is 0.0413. The van der Waals surface area contributed by atoms with Crippen LogP contribution in [0.3, 0.4) is 0 Å². The lowest BCUT2D eigenvalue weighted by molar-refractivity contribution is -0.140. The van der Waals surface area contributed by atoms with Crippen molar-refractivity contribution in [2.24, 2.45) is 5.92 Å². The molecule has 0 aromatic carbocycles. The fraction of sp³-hybridized carbons (Fsp3) is 0.364. The first-order valence-electron chi connectivity index (χ1n) is 6.07. The Labute approximate surface area is 121 Å². The van der Waals surface area contributed by atoms with Crippen molar-refractivity contribution < 1.29 is 19.8 Å². The lowest BCUT2D eigenvalue weighted by atomic mass is 10.1. The van der Waals surface area contributed by atoms with Crippen molar-refractivity contribution in [3.63, 3.8) is 0 Å². The molecule has 2 heterocycles. The first-order chi connectivity index (χ1) is 10.2. The summed E-state index contributed by atoms with van der Waals surface area (Å²) < 4.78 is 0. The normalized spacial score (nSPS) is 10.3. The fourth-order valence-electron chi connectivity index (χ4n) is 1.63. The zero-order chi connectivity index (χ0) is 16.9. The maximum atomic E-state index is 10.9. The van der Waals surface area contributed by atoms with Crippen LogP contribution in [0.4, 0.5) is 0 Å². The summed E-state index contributed by atoms with van der Waals surface area (Å²) in [5.74, 6) is -2.18. The molecule has 0 saturated heterocycles. The molecule has 0 unspecified atom stereocenters. The summed E-state index contributed by atoms with van der Waals surface area (Å²) in [6.45, 7) is 1.60. The van der Waals surface area contributed by atoms with Crippen molar-refractivity contribution in [2.45, 2.75) is 19.8 Å². The Kier molecular flexibility index (Phi) is 5.44. The number of hydrogen-bond acceptors (Lipinski definition) is 5. The number of carboxylic acid groups (broad SMARTS) is 2. The molecular formula is C11H14N4O7. The van der Waals surface area contributed by atoms with Crippen LogP contribution in [0.25, 0.3) is 11.2 Å². The predicted molar refractivity (Wildman–Crippen MR) is 73.8 cm³/mol. The van der Waals surface area contributed by atoms with E-state index in [0.717, 1.165) is 0 Å². The Hall–Kier alpha value is -3.11. The maximum Gasteiger partial charge on any atom is 0.327 e. The summed E-state index contributed by atoms with van der Waals surface area (Å²) >= 11 is 0. The number of nitrogens with one attached hydrogen (secondary N) is 4. The lowest BCUT2D eigenvalue weighted by Gasteiger charge is -2.02. The van der Waals surface area contributed by atoms with Crippen molar-refractivity contribution in [1.29, 1.82) is 0 Å². The molecule has 0 saturated carbocycles. The molecule has 120 valence electrons. The second kappa shape index (κ2) is 7.06. The van der Waals surface area contributed by atoms with Gasteiger partial charge in [-0.25, -0.2) is 9.59 Å². The minimum Gasteiger partial charge on any atom is -0.481 e. The molecule has 0 atom stereocenters. The number of aromatic amines is 4. The van der Waals surface area contributed by atoms with Gasteiger partial charge in [-0.2, -0.15) is 0 Å². The van der Waals surface area contributed by atoms with E-state index in [-0.39, 0.29) is 29.9 Å². The first kappa shape index (κ1) is 16.9. The number of rotatable bonds is 4. The summed E-state index contributed by atoms with van der Waals surface area (Å²) in [7, 11) is 0. The van der Waals surface area contributed by atoms with Crippen molar-refractivity contribution in [3.8, 4) is 0 Å². The minimum atomic E-state index is -0.950. The number of carboxylic acids is 2. The molecule has 0 amide bonds. The van der Waals surface area contributed by atoms with Crippen LogP contribution in [0.2, 0.25) is 0 Å². The molecule has 2 rings (SSSR count). The summed E-state index contributed by atoms with van der Waals surface area (Å²) in [5, 5.41) is 16.4. The van der Waals surface area contributed by atoms with Crippen LogP contribution in [0, 0.1) is 5.92 Å². The van der Waals surface area contributed by atoms with E-state index in [1.165, 1.54) is 0 Å². The Morgan fingerprint density at radius 1 is 0.909 bits per heavy atom. The Balaban J connectivity index is 0.000000225. The second-order valence-corrected chi connectivity index (χ2v) is 4.54. The Morgan fingerprint density at radius 2 is 1.36 bits per heavy atom. The standard InChI is InChI=1S/C6H10O4.C5H4N4O3/c1-4(2-5(7)8)3-6(9)10;10-3-1-2(7-4(11)6-1)8-5(12)9-3/h4H,2-3H2,1H3,(H,7,8)(H,9,10);(H4,6,7,8,9,10,11,12). The molecule has 2 aromatic rings. The quantitative estimate of drug-likeness (QED) is 0.408. The molecule has 0 radical (unpaired) electrons. The highest BCUT2D eigenvalue weighted by atomic mass is 16.4. The number of imidazole rings is 1. The van der Waals surface area contributed by atoms with Crippen molar-refractivity contribution >= 4 is 23.1 Å². The van der Waals surface area contributed by atoms with Gasteiger partial charge in [-0.3, -0.25) is 34.3 Å². The predicted octanol–water partition coefficient (Wildman–Crippen LogP) is -1.20. The van der Waals surface area contributed by atoms with Crippen LogP contribution in [0.15, 0.2) is 14.4 Å². The van der Waals surface area contributed by atoms with E-state index in [1.807, 2.05) is 4.98 Å². The van der Waals surface area contributed by atoms with Gasteiger partial charge in [-0.05, 0) is 5.92 Å². The smallest absolute Gasteiger partial charge is 0.327 e. The third kappa shape index (κ3) is 5.11. The van der Waals surface area contributed by atoms with Gasteiger partial charge in [0, 0.05) is 12.8 Å². The van der Waals surface area contributed by atoms with Crippen LogP contribution in [0.1, 0.15) is 19.8 Å². The summed E-state index contributed by atoms with van der Waals surface area (Å²) in [4.78, 5) is 61.0. The SMILES string of the molecule is CC(CC(=O)O)CC(=O)O.O=c1[nH]c(=O)c2[nH]c(=O)[nH]c2[nH]1. The van der Waals surface area contributed by atoms with Gasteiger partial charge in [0.15, 0.2) is 0 Å². The average molecular weight is 314 g/mol. The zero-order valence-corrected chi connectivity index (χ0v) is 11.4. The summed E-state index contributed by atoms with van der Waals surface area (Å²) in [6.07, 6.45) is -0.154. The molecule has 6 N–H and O–H groups in total. The Morgan fingerprint density at radius 3 is 1.82 bits per heavy atom. The number of hydrogen-bond donors (Lipinski definition) is 6. The van der Waals surface area contributed by atoms with Gasteiger partial charge in [0.2, 0.25) is 0 Å². The van der Waals surface area contributed by atoms with Gasteiger partial charge < -0.3 is 10.2 Å². The third-order valence-corrected chi connectivity index (χ3v) is 2.47. The highest BCUT2D eigenvalue weighted by Gasteiger charge is 2.10. The molecule has 11 nitrogen and oxygen atoms in total. The van der Waals surface area contributed by atoms with Gasteiger partial charge >= 0.3 is 23.3 Å². The van der Waals surface area contributed by atoms with Crippen LogP contribution in [-0.2, 0) is 9.59 Å². The van der Waals surface area contributed by atoms with E-state index in [1.54, 1.807) is 6.92 Å². The molecule has 0 aliphatic rings. The van der Waals surface area contributed by atoms with Crippen LogP contribution < -0.4 is 16.9 Å². The van der Waals surface area contributed by atoms with Gasteiger partial charge in [-0.15, -0.1) is 0 Å². The van der Waals surface area contributed by atoms with Gasteiger partial charge in [0.25, 0.3) is 5.56 Å².